The number of hydrogen-bond acceptors (Lipinski definition) is 6. The number of ether oxygens (including phenoxy) is 1. The zero-order valence-electron chi connectivity index (χ0n) is 18.7. The van der Waals surface area contributed by atoms with Crippen LogP contribution < -0.4 is 10.3 Å². The second-order valence-electron chi connectivity index (χ2n) is 8.76. The van der Waals surface area contributed by atoms with Crippen LogP contribution in [0.5, 0.6) is 5.75 Å². The van der Waals surface area contributed by atoms with Crippen LogP contribution in [0, 0.1) is 18.3 Å². The zero-order valence-corrected chi connectivity index (χ0v) is 18.7. The molecule has 0 bridgehead atoms. The summed E-state index contributed by atoms with van der Waals surface area (Å²) in [5.41, 5.74) is 0.697. The molecule has 8 nitrogen and oxygen atoms in total. The third kappa shape index (κ3) is 4.78. The van der Waals surface area contributed by atoms with Crippen molar-refractivity contribution < 1.29 is 9.53 Å². The van der Waals surface area contributed by atoms with E-state index in [0.29, 0.717) is 37.7 Å². The van der Waals surface area contributed by atoms with Crippen LogP contribution in [0.2, 0.25) is 0 Å². The summed E-state index contributed by atoms with van der Waals surface area (Å²) in [6.07, 6.45) is 0. The lowest BCUT2D eigenvalue weighted by atomic mass is 9.95. The minimum absolute atomic E-state index is 0.0911. The highest BCUT2D eigenvalue weighted by molar-refractivity contribution is 5.94. The number of aryl methyl sites for hydroxylation is 1. The van der Waals surface area contributed by atoms with Crippen molar-refractivity contribution in [3.8, 4) is 11.8 Å². The molecule has 1 unspecified atom stereocenters. The lowest BCUT2D eigenvalue weighted by Gasteiger charge is -2.37. The Morgan fingerprint density at radius 2 is 1.81 bits per heavy atom. The number of nitrogens with one attached hydrogen (secondary N) is 1. The van der Waals surface area contributed by atoms with E-state index in [1.807, 2.05) is 49.9 Å². The number of hydrogen-bond donors (Lipinski definition) is 1. The molecule has 1 aromatic carbocycles. The number of carbonyl (C=O) groups is 1. The normalized spacial score (nSPS) is 15.9. The summed E-state index contributed by atoms with van der Waals surface area (Å²) >= 11 is 0. The number of nitrogens with zero attached hydrogens (tertiary/aromatic N) is 4. The van der Waals surface area contributed by atoms with E-state index in [4.69, 9.17) is 4.74 Å². The van der Waals surface area contributed by atoms with Crippen LogP contribution >= 0.6 is 0 Å². The summed E-state index contributed by atoms with van der Waals surface area (Å²) in [5.74, 6) is 0.986. The van der Waals surface area contributed by atoms with Crippen molar-refractivity contribution in [1.82, 2.24) is 19.8 Å². The van der Waals surface area contributed by atoms with Gasteiger partial charge in [-0.15, -0.1) is 0 Å². The Morgan fingerprint density at radius 3 is 2.29 bits per heavy atom. The SMILES string of the molecule is COc1ccc(C(C#N)N2CCN(C(=O)c3c(C)nc(C(C)(C)C)[nH]c3=O)CC2)cc1. The predicted molar refractivity (Wildman–Crippen MR) is 117 cm³/mol. The molecule has 8 heteroatoms. The van der Waals surface area contributed by atoms with Gasteiger partial charge in [-0.25, -0.2) is 4.98 Å². The first kappa shape index (κ1) is 22.5. The number of aromatic nitrogens is 2. The van der Waals surface area contributed by atoms with Crippen LogP contribution in [0.4, 0.5) is 0 Å². The number of methoxy groups -OCH3 is 1. The molecule has 1 N–H and O–H groups in total. The fourth-order valence-corrected chi connectivity index (χ4v) is 3.69. The summed E-state index contributed by atoms with van der Waals surface area (Å²) in [4.78, 5) is 36.6. The Hall–Kier alpha value is -3.18. The maximum Gasteiger partial charge on any atom is 0.264 e. The van der Waals surface area contributed by atoms with Crippen LogP contribution in [-0.4, -0.2) is 59.0 Å². The van der Waals surface area contributed by atoms with Crippen molar-refractivity contribution in [2.45, 2.75) is 39.2 Å². The minimum atomic E-state index is -0.405. The van der Waals surface area contributed by atoms with Crippen molar-refractivity contribution in [2.24, 2.45) is 0 Å². The summed E-state index contributed by atoms with van der Waals surface area (Å²) in [5, 5.41) is 9.72. The second kappa shape index (κ2) is 8.90. The molecule has 1 aromatic heterocycles. The summed E-state index contributed by atoms with van der Waals surface area (Å²) in [7, 11) is 1.60. The van der Waals surface area contributed by atoms with Crippen LogP contribution in [0.15, 0.2) is 29.1 Å². The van der Waals surface area contributed by atoms with Crippen molar-refractivity contribution in [1.29, 1.82) is 5.26 Å². The van der Waals surface area contributed by atoms with Gasteiger partial charge >= 0.3 is 0 Å². The number of piperazine rings is 1. The first-order chi connectivity index (χ1) is 14.7. The Labute approximate surface area is 182 Å². The highest BCUT2D eigenvalue weighted by Gasteiger charge is 2.30. The second-order valence-corrected chi connectivity index (χ2v) is 8.76. The van der Waals surface area contributed by atoms with E-state index >= 15 is 0 Å². The number of nitriles is 1. The topological polar surface area (TPSA) is 102 Å². The van der Waals surface area contributed by atoms with Gasteiger partial charge in [0.05, 0.1) is 18.9 Å². The van der Waals surface area contributed by atoms with Gasteiger partial charge in [0, 0.05) is 31.6 Å². The zero-order chi connectivity index (χ0) is 22.8. The van der Waals surface area contributed by atoms with Crippen LogP contribution in [0.3, 0.4) is 0 Å². The summed E-state index contributed by atoms with van der Waals surface area (Å²) in [6, 6.07) is 9.40. The van der Waals surface area contributed by atoms with Crippen LogP contribution in [0.1, 0.15) is 54.3 Å². The van der Waals surface area contributed by atoms with Gasteiger partial charge in [0.1, 0.15) is 23.2 Å². The van der Waals surface area contributed by atoms with E-state index in [9.17, 15) is 14.9 Å². The number of carbonyl (C=O) groups excluding carboxylic acids is 1. The fraction of sp³-hybridized carbons (Fsp3) is 0.478. The van der Waals surface area contributed by atoms with Gasteiger partial charge in [0.15, 0.2) is 0 Å². The molecule has 164 valence electrons. The first-order valence-electron chi connectivity index (χ1n) is 10.3. The summed E-state index contributed by atoms with van der Waals surface area (Å²) < 4.78 is 5.18. The molecule has 0 aliphatic carbocycles. The van der Waals surface area contributed by atoms with Crippen molar-refractivity contribution in [3.63, 3.8) is 0 Å². The summed E-state index contributed by atoms with van der Waals surface area (Å²) in [6.45, 7) is 9.53. The van der Waals surface area contributed by atoms with E-state index < -0.39 is 11.6 Å². The van der Waals surface area contributed by atoms with Gasteiger partial charge in [0.25, 0.3) is 11.5 Å². The third-order valence-electron chi connectivity index (χ3n) is 5.55. The molecule has 1 aliphatic rings. The Kier molecular flexibility index (Phi) is 6.46. The molecule has 31 heavy (non-hydrogen) atoms. The Bertz CT molecular complexity index is 1040. The van der Waals surface area contributed by atoms with Gasteiger partial charge in [-0.2, -0.15) is 5.26 Å². The monoisotopic (exact) mass is 423 g/mol. The largest absolute Gasteiger partial charge is 0.497 e. The molecule has 1 aliphatic heterocycles. The van der Waals surface area contributed by atoms with E-state index in [0.717, 1.165) is 11.3 Å². The molecular weight excluding hydrogens is 394 g/mol. The van der Waals surface area contributed by atoms with Crippen molar-refractivity contribution >= 4 is 5.91 Å². The fourth-order valence-electron chi connectivity index (χ4n) is 3.69. The average molecular weight is 424 g/mol. The number of benzene rings is 1. The van der Waals surface area contributed by atoms with Crippen molar-refractivity contribution in [2.75, 3.05) is 33.3 Å². The number of rotatable bonds is 4. The maximum absolute atomic E-state index is 13.1. The van der Waals surface area contributed by atoms with E-state index in [2.05, 4.69) is 16.0 Å². The Morgan fingerprint density at radius 1 is 1.19 bits per heavy atom. The molecule has 0 radical (unpaired) electrons. The smallest absolute Gasteiger partial charge is 0.264 e. The van der Waals surface area contributed by atoms with E-state index in [1.54, 1.807) is 18.9 Å². The quantitative estimate of drug-likeness (QED) is 0.810. The average Bonchev–Trinajstić information content (AvgIpc) is 2.74. The predicted octanol–water partition coefficient (Wildman–Crippen LogP) is 2.41. The molecular formula is C23H29N5O3. The van der Waals surface area contributed by atoms with Crippen LogP contribution in [-0.2, 0) is 5.41 Å². The van der Waals surface area contributed by atoms with Gasteiger partial charge in [0.2, 0.25) is 0 Å². The molecule has 1 amide bonds. The molecule has 3 rings (SSSR count). The van der Waals surface area contributed by atoms with Gasteiger partial charge < -0.3 is 14.6 Å². The molecule has 0 saturated carbocycles. The lowest BCUT2D eigenvalue weighted by molar-refractivity contribution is 0.0603. The first-order valence-corrected chi connectivity index (χ1v) is 10.3. The number of aromatic amines is 1. The Balaban J connectivity index is 1.72. The molecule has 1 saturated heterocycles. The standard InChI is InChI=1S/C23H29N5O3/c1-15-19(20(29)26-22(25-15)23(2,3)4)21(30)28-12-10-27(11-13-28)18(14-24)16-6-8-17(31-5)9-7-16/h6-9,18H,10-13H2,1-5H3,(H,25,26,29). The number of amides is 1. The van der Waals surface area contributed by atoms with E-state index in [1.165, 1.54) is 0 Å². The lowest BCUT2D eigenvalue weighted by Crippen LogP contribution is -2.50. The molecule has 0 spiro atoms. The molecule has 2 heterocycles. The minimum Gasteiger partial charge on any atom is -0.497 e. The number of H-pyrrole nitrogens is 1. The molecule has 1 fully saturated rings. The van der Waals surface area contributed by atoms with Crippen molar-refractivity contribution in [3.05, 3.63) is 57.3 Å². The van der Waals surface area contributed by atoms with Gasteiger partial charge in [-0.3, -0.25) is 14.5 Å². The maximum atomic E-state index is 13.1. The van der Waals surface area contributed by atoms with Gasteiger partial charge in [-0.1, -0.05) is 32.9 Å². The molecule has 2 aromatic rings. The van der Waals surface area contributed by atoms with Gasteiger partial charge in [-0.05, 0) is 24.6 Å². The van der Waals surface area contributed by atoms with Crippen LogP contribution in [0.25, 0.3) is 0 Å². The molecule has 1 atom stereocenters. The van der Waals surface area contributed by atoms with E-state index in [-0.39, 0.29) is 16.9 Å². The third-order valence-corrected chi connectivity index (χ3v) is 5.55. The highest BCUT2D eigenvalue weighted by atomic mass is 16.5. The highest BCUT2D eigenvalue weighted by Crippen LogP contribution is 2.24.